The molecule has 26 heavy (non-hydrogen) atoms. The molecular formula is C18H21FN6O. The van der Waals surface area contributed by atoms with Crippen molar-refractivity contribution in [1.82, 2.24) is 9.97 Å². The predicted octanol–water partition coefficient (Wildman–Crippen LogP) is 2.39. The number of carbonyl (C=O) groups excluding carboxylic acids is 1. The molecule has 2 aromatic rings. The number of nitrogens with zero attached hydrogens (tertiary/aromatic N) is 2. The van der Waals surface area contributed by atoms with Crippen LogP contribution >= 0.6 is 0 Å². The van der Waals surface area contributed by atoms with Gasteiger partial charge in [-0.2, -0.15) is 4.98 Å². The highest BCUT2D eigenvalue weighted by Gasteiger charge is 2.32. The number of halogens is 1. The zero-order valence-corrected chi connectivity index (χ0v) is 14.3. The fraction of sp³-hybridized carbons (Fsp3) is 0.389. The molecule has 1 aliphatic carbocycles. The van der Waals surface area contributed by atoms with Crippen LogP contribution in [0.25, 0.3) is 0 Å². The summed E-state index contributed by atoms with van der Waals surface area (Å²) in [5, 5.41) is 9.44. The molecule has 4 rings (SSSR count). The Bertz CT molecular complexity index is 842. The quantitative estimate of drug-likeness (QED) is 0.656. The van der Waals surface area contributed by atoms with Crippen molar-refractivity contribution in [3.05, 3.63) is 35.8 Å². The Kier molecular flexibility index (Phi) is 4.32. The van der Waals surface area contributed by atoms with Crippen LogP contribution in [0, 0.1) is 11.7 Å². The molecule has 0 saturated heterocycles. The van der Waals surface area contributed by atoms with E-state index in [9.17, 15) is 9.18 Å². The van der Waals surface area contributed by atoms with Crippen LogP contribution in [0.1, 0.15) is 24.8 Å². The molecule has 0 radical (unpaired) electrons. The van der Waals surface area contributed by atoms with Gasteiger partial charge in [0.05, 0.1) is 12.1 Å². The fourth-order valence-electron chi connectivity index (χ4n) is 3.68. The van der Waals surface area contributed by atoms with E-state index in [-0.39, 0.29) is 23.7 Å². The first-order valence-corrected chi connectivity index (χ1v) is 8.82. The topological polar surface area (TPSA) is 105 Å². The lowest BCUT2D eigenvalue weighted by molar-refractivity contribution is -0.121. The Hall–Kier alpha value is -2.90. The van der Waals surface area contributed by atoms with E-state index < -0.39 is 5.82 Å². The number of hydrogen-bond acceptors (Lipinski definition) is 6. The summed E-state index contributed by atoms with van der Waals surface area (Å²) in [5.74, 6) is -0.844. The lowest BCUT2D eigenvalue weighted by atomic mass is 10.0. The lowest BCUT2D eigenvalue weighted by Crippen LogP contribution is -2.34. The fourth-order valence-corrected chi connectivity index (χ4v) is 3.68. The van der Waals surface area contributed by atoms with Gasteiger partial charge >= 0.3 is 0 Å². The number of hydrogen-bond donors (Lipinski definition) is 4. The number of benzene rings is 1. The summed E-state index contributed by atoms with van der Waals surface area (Å²) in [7, 11) is 0. The highest BCUT2D eigenvalue weighted by molar-refractivity contribution is 5.78. The van der Waals surface area contributed by atoms with Crippen LogP contribution in [0.2, 0.25) is 0 Å². The third kappa shape index (κ3) is 3.26. The van der Waals surface area contributed by atoms with Crippen molar-refractivity contribution in [1.29, 1.82) is 0 Å². The second-order valence-corrected chi connectivity index (χ2v) is 6.75. The van der Waals surface area contributed by atoms with Gasteiger partial charge in [0.15, 0.2) is 11.6 Å². The van der Waals surface area contributed by atoms with Gasteiger partial charge in [0.2, 0.25) is 11.9 Å². The molecule has 2 atom stereocenters. The van der Waals surface area contributed by atoms with Crippen LogP contribution in [-0.2, 0) is 11.2 Å². The molecule has 1 fully saturated rings. The Morgan fingerprint density at radius 3 is 3.08 bits per heavy atom. The Labute approximate surface area is 150 Å². The minimum Gasteiger partial charge on any atom is -0.384 e. The van der Waals surface area contributed by atoms with Gasteiger partial charge in [0.25, 0.3) is 0 Å². The summed E-state index contributed by atoms with van der Waals surface area (Å²) < 4.78 is 14.1. The third-order valence-corrected chi connectivity index (χ3v) is 5.02. The normalized spacial score (nSPS) is 21.1. The molecule has 0 unspecified atom stereocenters. The summed E-state index contributed by atoms with van der Waals surface area (Å²) in [5.41, 5.74) is 8.62. The van der Waals surface area contributed by atoms with E-state index in [1.165, 1.54) is 5.56 Å². The van der Waals surface area contributed by atoms with E-state index in [1.807, 2.05) is 12.1 Å². The van der Waals surface area contributed by atoms with Crippen LogP contribution in [0.15, 0.2) is 24.4 Å². The predicted molar refractivity (Wildman–Crippen MR) is 97.9 cm³/mol. The van der Waals surface area contributed by atoms with Crippen molar-refractivity contribution in [3.63, 3.8) is 0 Å². The first-order valence-electron chi connectivity index (χ1n) is 8.82. The molecule has 2 heterocycles. The molecule has 1 aromatic carbocycles. The van der Waals surface area contributed by atoms with Gasteiger partial charge < -0.3 is 21.7 Å². The highest BCUT2D eigenvalue weighted by Crippen LogP contribution is 2.30. The SMILES string of the molecule is NC(=O)[C@H]1CCC[C@H]1Nc1nc(Nc2ccc3c(c2)NCC3)ncc1F. The molecule has 7 nitrogen and oxygen atoms in total. The molecule has 2 aliphatic rings. The number of primary amides is 1. The van der Waals surface area contributed by atoms with E-state index in [1.54, 1.807) is 0 Å². The van der Waals surface area contributed by atoms with E-state index in [4.69, 9.17) is 5.73 Å². The second-order valence-electron chi connectivity index (χ2n) is 6.75. The summed E-state index contributed by atoms with van der Waals surface area (Å²) in [6.07, 6.45) is 4.49. The minimum atomic E-state index is -0.554. The molecule has 136 valence electrons. The average Bonchev–Trinajstić information content (AvgIpc) is 3.26. The van der Waals surface area contributed by atoms with Gasteiger partial charge in [-0.05, 0) is 37.0 Å². The molecule has 1 aromatic heterocycles. The van der Waals surface area contributed by atoms with E-state index in [0.29, 0.717) is 12.4 Å². The molecule has 1 amide bonds. The van der Waals surface area contributed by atoms with Gasteiger partial charge in [0, 0.05) is 24.0 Å². The second kappa shape index (κ2) is 6.78. The van der Waals surface area contributed by atoms with Crippen LogP contribution < -0.4 is 21.7 Å². The van der Waals surface area contributed by atoms with Gasteiger partial charge in [-0.1, -0.05) is 12.5 Å². The maximum atomic E-state index is 14.1. The number of nitrogens with two attached hydrogens (primary N) is 1. The largest absolute Gasteiger partial charge is 0.384 e. The van der Waals surface area contributed by atoms with Gasteiger partial charge in [-0.15, -0.1) is 0 Å². The van der Waals surface area contributed by atoms with E-state index >= 15 is 0 Å². The standard InChI is InChI=1S/C18H21FN6O/c19-13-9-22-18(23-11-5-4-10-6-7-21-15(10)8-11)25-17(13)24-14-3-1-2-12(14)16(20)26/h4-5,8-9,12,14,21H,1-3,6-7H2,(H2,20,26)(H2,22,23,24,25)/t12-,14+/m0/s1. The molecule has 1 aliphatic heterocycles. The summed E-state index contributed by atoms with van der Waals surface area (Å²) >= 11 is 0. The Balaban J connectivity index is 1.52. The van der Waals surface area contributed by atoms with Crippen LogP contribution in [0.3, 0.4) is 0 Å². The van der Waals surface area contributed by atoms with Crippen molar-refractivity contribution >= 4 is 29.0 Å². The molecule has 5 N–H and O–H groups in total. The number of anilines is 4. The first kappa shape index (κ1) is 16.6. The van der Waals surface area contributed by atoms with E-state index in [0.717, 1.165) is 43.4 Å². The van der Waals surface area contributed by atoms with Crippen LogP contribution in [0.5, 0.6) is 0 Å². The number of aromatic nitrogens is 2. The van der Waals surface area contributed by atoms with Crippen molar-refractivity contribution in [2.45, 2.75) is 31.7 Å². The first-order chi connectivity index (χ1) is 12.6. The van der Waals surface area contributed by atoms with E-state index in [2.05, 4.69) is 32.0 Å². The smallest absolute Gasteiger partial charge is 0.229 e. The third-order valence-electron chi connectivity index (χ3n) is 5.02. The number of rotatable bonds is 5. The van der Waals surface area contributed by atoms with Crippen molar-refractivity contribution in [2.24, 2.45) is 11.7 Å². The number of carbonyl (C=O) groups is 1. The summed E-state index contributed by atoms with van der Waals surface area (Å²) in [6.45, 7) is 0.933. The van der Waals surface area contributed by atoms with Gasteiger partial charge in [-0.25, -0.2) is 9.37 Å². The zero-order valence-electron chi connectivity index (χ0n) is 14.3. The van der Waals surface area contributed by atoms with Gasteiger partial charge in [0.1, 0.15) is 0 Å². The van der Waals surface area contributed by atoms with Crippen molar-refractivity contribution in [3.8, 4) is 0 Å². The molecule has 1 saturated carbocycles. The monoisotopic (exact) mass is 356 g/mol. The van der Waals surface area contributed by atoms with Gasteiger partial charge in [-0.3, -0.25) is 4.79 Å². The molecule has 0 bridgehead atoms. The van der Waals surface area contributed by atoms with Crippen LogP contribution in [-0.4, -0.2) is 28.5 Å². The number of nitrogens with one attached hydrogen (secondary N) is 3. The summed E-state index contributed by atoms with van der Waals surface area (Å²) in [4.78, 5) is 19.8. The Morgan fingerprint density at radius 1 is 1.35 bits per heavy atom. The maximum Gasteiger partial charge on any atom is 0.229 e. The molecular weight excluding hydrogens is 335 g/mol. The van der Waals surface area contributed by atoms with Crippen LogP contribution in [0.4, 0.5) is 27.5 Å². The molecule has 8 heteroatoms. The highest BCUT2D eigenvalue weighted by atomic mass is 19.1. The number of amides is 1. The van der Waals surface area contributed by atoms with Crippen molar-refractivity contribution < 1.29 is 9.18 Å². The average molecular weight is 356 g/mol. The van der Waals surface area contributed by atoms with Crippen molar-refractivity contribution in [2.75, 3.05) is 22.5 Å². The lowest BCUT2D eigenvalue weighted by Gasteiger charge is -2.19. The zero-order chi connectivity index (χ0) is 18.1. The minimum absolute atomic E-state index is 0.0833. The maximum absolute atomic E-state index is 14.1. The Morgan fingerprint density at radius 2 is 2.23 bits per heavy atom. The number of fused-ring (bicyclic) bond motifs is 1. The summed E-state index contributed by atoms with van der Waals surface area (Å²) in [6, 6.07) is 5.79. The molecule has 0 spiro atoms.